The smallest absolute Gasteiger partial charge is 0.126 e. The Morgan fingerprint density at radius 3 is 2.93 bits per heavy atom. The first-order valence-corrected chi connectivity index (χ1v) is 4.11. The summed E-state index contributed by atoms with van der Waals surface area (Å²) in [6.07, 6.45) is 0. The van der Waals surface area contributed by atoms with E-state index in [-0.39, 0.29) is 6.54 Å². The normalized spacial score (nSPS) is 8.93. The van der Waals surface area contributed by atoms with Crippen LogP contribution in [-0.4, -0.2) is 13.7 Å². The lowest BCUT2D eigenvalue weighted by Gasteiger charge is -2.08. The first-order valence-electron chi connectivity index (χ1n) is 4.11. The minimum atomic E-state index is 0.261. The summed E-state index contributed by atoms with van der Waals surface area (Å²) in [5.74, 6) is 0.741. The molecule has 0 N–H and O–H groups in total. The van der Waals surface area contributed by atoms with Gasteiger partial charge in [-0.15, -0.1) is 0 Å². The van der Waals surface area contributed by atoms with Crippen LogP contribution in [0.25, 0.3) is 16.0 Å². The number of azide groups is 1. The quantitative estimate of drug-likeness (QED) is 0.408. The largest absolute Gasteiger partial charge is 0.496 e. The van der Waals surface area contributed by atoms with Crippen LogP contribution in [0.2, 0.25) is 0 Å². The van der Waals surface area contributed by atoms with Crippen LogP contribution in [0.5, 0.6) is 5.75 Å². The number of hydrogen-bond donors (Lipinski definition) is 0. The average molecular weight is 189 g/mol. The number of hydrogen-bond acceptors (Lipinski definition) is 2. The standard InChI is InChI=1S/C10H11N3O/c1-8(7-12-13-11)9-5-3-4-6-10(9)14-2/h3-6H,1,7H2,2H3. The molecule has 0 saturated heterocycles. The van der Waals surface area contributed by atoms with Gasteiger partial charge < -0.3 is 4.74 Å². The van der Waals surface area contributed by atoms with E-state index >= 15 is 0 Å². The molecule has 0 fully saturated rings. The minimum absolute atomic E-state index is 0.261. The highest BCUT2D eigenvalue weighted by Crippen LogP contribution is 2.24. The molecule has 0 aromatic heterocycles. The summed E-state index contributed by atoms with van der Waals surface area (Å²) >= 11 is 0. The zero-order valence-electron chi connectivity index (χ0n) is 7.97. The van der Waals surface area contributed by atoms with Crippen molar-refractivity contribution in [2.45, 2.75) is 0 Å². The molecule has 1 aromatic carbocycles. The highest BCUT2D eigenvalue weighted by Gasteiger charge is 2.03. The van der Waals surface area contributed by atoms with Gasteiger partial charge in [0.15, 0.2) is 0 Å². The van der Waals surface area contributed by atoms with Crippen LogP contribution in [0.15, 0.2) is 36.0 Å². The second-order valence-corrected chi connectivity index (χ2v) is 2.69. The molecule has 0 atom stereocenters. The van der Waals surface area contributed by atoms with E-state index in [0.717, 1.165) is 16.9 Å². The van der Waals surface area contributed by atoms with Crippen LogP contribution in [0, 0.1) is 0 Å². The van der Waals surface area contributed by atoms with Crippen molar-refractivity contribution in [1.82, 2.24) is 0 Å². The van der Waals surface area contributed by atoms with Gasteiger partial charge in [0, 0.05) is 10.5 Å². The highest BCUT2D eigenvalue weighted by atomic mass is 16.5. The van der Waals surface area contributed by atoms with E-state index in [2.05, 4.69) is 16.6 Å². The number of nitrogens with zero attached hydrogens (tertiary/aromatic N) is 3. The molecule has 72 valence electrons. The van der Waals surface area contributed by atoms with Gasteiger partial charge in [0.1, 0.15) is 5.75 Å². The van der Waals surface area contributed by atoms with Gasteiger partial charge in [-0.1, -0.05) is 29.9 Å². The van der Waals surface area contributed by atoms with Crippen molar-refractivity contribution in [3.8, 4) is 5.75 Å². The summed E-state index contributed by atoms with van der Waals surface area (Å²) < 4.78 is 5.15. The van der Waals surface area contributed by atoms with Crippen molar-refractivity contribution in [1.29, 1.82) is 0 Å². The summed E-state index contributed by atoms with van der Waals surface area (Å²) in [7, 11) is 1.60. The molecular weight excluding hydrogens is 178 g/mol. The molecule has 1 rings (SSSR count). The van der Waals surface area contributed by atoms with Crippen molar-refractivity contribution in [2.24, 2.45) is 5.11 Å². The third-order valence-electron chi connectivity index (χ3n) is 1.81. The lowest BCUT2D eigenvalue weighted by Crippen LogP contribution is -1.92. The van der Waals surface area contributed by atoms with Crippen LogP contribution in [0.1, 0.15) is 5.56 Å². The molecule has 0 spiro atoms. The van der Waals surface area contributed by atoms with E-state index in [9.17, 15) is 0 Å². The third-order valence-corrected chi connectivity index (χ3v) is 1.81. The molecule has 1 aromatic rings. The Bertz CT molecular complexity index is 381. The molecule has 0 bridgehead atoms. The molecule has 0 heterocycles. The Morgan fingerprint density at radius 2 is 2.29 bits per heavy atom. The van der Waals surface area contributed by atoms with E-state index < -0.39 is 0 Å². The van der Waals surface area contributed by atoms with Gasteiger partial charge in [-0.2, -0.15) is 0 Å². The summed E-state index contributed by atoms with van der Waals surface area (Å²) in [4.78, 5) is 2.68. The van der Waals surface area contributed by atoms with Crippen LogP contribution < -0.4 is 4.74 Å². The molecule has 0 radical (unpaired) electrons. The number of rotatable bonds is 4. The Hall–Kier alpha value is -1.93. The molecule has 0 amide bonds. The van der Waals surface area contributed by atoms with Crippen molar-refractivity contribution < 1.29 is 4.74 Å². The van der Waals surface area contributed by atoms with Crippen LogP contribution >= 0.6 is 0 Å². The van der Waals surface area contributed by atoms with Crippen molar-refractivity contribution in [3.63, 3.8) is 0 Å². The van der Waals surface area contributed by atoms with Gasteiger partial charge in [0.25, 0.3) is 0 Å². The Balaban J connectivity index is 2.93. The lowest BCUT2D eigenvalue weighted by atomic mass is 10.1. The van der Waals surface area contributed by atoms with Crippen LogP contribution in [0.3, 0.4) is 0 Å². The van der Waals surface area contributed by atoms with E-state index in [1.165, 1.54) is 0 Å². The van der Waals surface area contributed by atoms with Gasteiger partial charge in [-0.3, -0.25) is 0 Å². The second-order valence-electron chi connectivity index (χ2n) is 2.69. The Kier molecular flexibility index (Phi) is 3.58. The van der Waals surface area contributed by atoms with Gasteiger partial charge in [-0.05, 0) is 17.2 Å². The third kappa shape index (κ3) is 2.28. The van der Waals surface area contributed by atoms with E-state index in [4.69, 9.17) is 10.3 Å². The minimum Gasteiger partial charge on any atom is -0.496 e. The van der Waals surface area contributed by atoms with E-state index in [1.807, 2.05) is 24.3 Å². The predicted octanol–water partition coefficient (Wildman–Crippen LogP) is 3.02. The summed E-state index contributed by atoms with van der Waals surface area (Å²) in [5, 5.41) is 3.45. The van der Waals surface area contributed by atoms with E-state index in [1.54, 1.807) is 7.11 Å². The molecule has 14 heavy (non-hydrogen) atoms. The Labute approximate surface area is 82.4 Å². The van der Waals surface area contributed by atoms with Gasteiger partial charge in [0.2, 0.25) is 0 Å². The predicted molar refractivity (Wildman–Crippen MR) is 56.0 cm³/mol. The van der Waals surface area contributed by atoms with Crippen molar-refractivity contribution in [2.75, 3.05) is 13.7 Å². The zero-order chi connectivity index (χ0) is 10.4. The first-order chi connectivity index (χ1) is 6.79. The molecule has 0 aliphatic carbocycles. The maximum atomic E-state index is 8.17. The van der Waals surface area contributed by atoms with Crippen LogP contribution in [-0.2, 0) is 0 Å². The number of para-hydroxylation sites is 1. The fourth-order valence-corrected chi connectivity index (χ4v) is 1.14. The molecule has 0 aliphatic heterocycles. The summed E-state index contributed by atoms with van der Waals surface area (Å²) in [6.45, 7) is 4.09. The van der Waals surface area contributed by atoms with Crippen molar-refractivity contribution >= 4 is 5.57 Å². The number of benzene rings is 1. The summed E-state index contributed by atoms with van der Waals surface area (Å²) in [6, 6.07) is 7.49. The topological polar surface area (TPSA) is 58.0 Å². The second kappa shape index (κ2) is 4.94. The molecule has 4 nitrogen and oxygen atoms in total. The maximum absolute atomic E-state index is 8.17. The SMILES string of the molecule is C=C(CN=[N+]=[N-])c1ccccc1OC. The monoisotopic (exact) mass is 189 g/mol. The number of ether oxygens (including phenoxy) is 1. The fourth-order valence-electron chi connectivity index (χ4n) is 1.14. The number of methoxy groups -OCH3 is 1. The lowest BCUT2D eigenvalue weighted by molar-refractivity contribution is 0.413. The van der Waals surface area contributed by atoms with Gasteiger partial charge in [0.05, 0.1) is 13.7 Å². The Morgan fingerprint density at radius 1 is 1.57 bits per heavy atom. The summed E-state index contributed by atoms with van der Waals surface area (Å²) in [5.41, 5.74) is 9.80. The first kappa shape index (κ1) is 10.2. The van der Waals surface area contributed by atoms with E-state index in [0.29, 0.717) is 0 Å². The van der Waals surface area contributed by atoms with Crippen molar-refractivity contribution in [3.05, 3.63) is 46.9 Å². The zero-order valence-corrected chi connectivity index (χ0v) is 7.97. The maximum Gasteiger partial charge on any atom is 0.126 e. The van der Waals surface area contributed by atoms with Gasteiger partial charge in [-0.25, -0.2) is 0 Å². The molecule has 0 saturated carbocycles. The van der Waals surface area contributed by atoms with Crippen LogP contribution in [0.4, 0.5) is 0 Å². The molecule has 0 unspecified atom stereocenters. The highest BCUT2D eigenvalue weighted by molar-refractivity contribution is 5.69. The van der Waals surface area contributed by atoms with Gasteiger partial charge >= 0.3 is 0 Å². The molecule has 4 heteroatoms. The molecular formula is C10H11N3O. The fraction of sp³-hybridized carbons (Fsp3) is 0.200. The molecule has 0 aliphatic rings. The average Bonchev–Trinajstić information content (AvgIpc) is 2.25.